The predicted octanol–water partition coefficient (Wildman–Crippen LogP) is 4.37. The zero-order chi connectivity index (χ0) is 17.0. The number of nitro benzene ring substituents is 1. The van der Waals surface area contributed by atoms with Gasteiger partial charge in [-0.1, -0.05) is 29.8 Å². The van der Waals surface area contributed by atoms with Gasteiger partial charge in [0.05, 0.1) is 16.7 Å². The summed E-state index contributed by atoms with van der Waals surface area (Å²) in [7, 11) is 0. The Labute approximate surface area is 129 Å². The van der Waals surface area contributed by atoms with E-state index < -0.39 is 22.4 Å². The van der Waals surface area contributed by atoms with Crippen LogP contribution in [0.2, 0.25) is 0 Å². The first-order valence-corrected chi connectivity index (χ1v) is 6.49. The molecular formula is C15H12F3N3O2. The molecule has 2 aromatic carbocycles. The summed E-state index contributed by atoms with van der Waals surface area (Å²) in [6.45, 7) is 1.89. The van der Waals surface area contributed by atoms with Crippen molar-refractivity contribution >= 4 is 17.6 Å². The second-order valence-electron chi connectivity index (χ2n) is 4.77. The second-order valence-corrected chi connectivity index (χ2v) is 4.77. The van der Waals surface area contributed by atoms with E-state index in [9.17, 15) is 23.3 Å². The average molecular weight is 323 g/mol. The van der Waals surface area contributed by atoms with E-state index in [1.54, 1.807) is 6.07 Å². The Morgan fingerprint density at radius 2 is 1.96 bits per heavy atom. The molecule has 0 aliphatic heterocycles. The number of benzene rings is 2. The minimum Gasteiger partial charge on any atom is -0.272 e. The molecule has 0 fully saturated rings. The van der Waals surface area contributed by atoms with Crippen LogP contribution in [0.1, 0.15) is 16.7 Å². The normalized spacial score (nSPS) is 11.7. The molecule has 0 heterocycles. The first-order chi connectivity index (χ1) is 10.8. The van der Waals surface area contributed by atoms with Crippen LogP contribution in [0.15, 0.2) is 47.6 Å². The summed E-state index contributed by atoms with van der Waals surface area (Å²) in [6, 6.07) is 9.55. The molecule has 0 spiro atoms. The van der Waals surface area contributed by atoms with Gasteiger partial charge in [-0.2, -0.15) is 18.3 Å². The summed E-state index contributed by atoms with van der Waals surface area (Å²) >= 11 is 0. The van der Waals surface area contributed by atoms with Crippen molar-refractivity contribution in [1.82, 2.24) is 0 Å². The molecule has 0 saturated carbocycles. The van der Waals surface area contributed by atoms with Crippen LogP contribution in [0.4, 0.5) is 24.5 Å². The highest BCUT2D eigenvalue weighted by Gasteiger charge is 2.33. The molecule has 0 atom stereocenters. The largest absolute Gasteiger partial charge is 0.416 e. The lowest BCUT2D eigenvalue weighted by Gasteiger charge is -2.08. The molecule has 0 aliphatic rings. The molecule has 0 bridgehead atoms. The van der Waals surface area contributed by atoms with Crippen molar-refractivity contribution in [2.75, 3.05) is 5.43 Å². The Kier molecular flexibility index (Phi) is 4.63. The summed E-state index contributed by atoms with van der Waals surface area (Å²) in [5.74, 6) is 0. The monoisotopic (exact) mass is 323 g/mol. The fourth-order valence-electron chi connectivity index (χ4n) is 1.88. The lowest BCUT2D eigenvalue weighted by molar-refractivity contribution is -0.384. The maximum atomic E-state index is 12.6. The van der Waals surface area contributed by atoms with Crippen LogP contribution in [-0.4, -0.2) is 11.1 Å². The molecule has 0 unspecified atom stereocenters. The van der Waals surface area contributed by atoms with Crippen molar-refractivity contribution in [3.63, 3.8) is 0 Å². The van der Waals surface area contributed by atoms with Crippen LogP contribution >= 0.6 is 0 Å². The Balaban J connectivity index is 2.24. The van der Waals surface area contributed by atoms with Crippen LogP contribution in [0.5, 0.6) is 0 Å². The second kappa shape index (κ2) is 6.47. The van der Waals surface area contributed by atoms with E-state index in [4.69, 9.17) is 0 Å². The number of nitrogens with one attached hydrogen (secondary N) is 1. The van der Waals surface area contributed by atoms with E-state index in [2.05, 4.69) is 10.5 Å². The molecule has 0 aromatic heterocycles. The summed E-state index contributed by atoms with van der Waals surface area (Å²) in [5.41, 5.74) is 2.27. The quantitative estimate of drug-likeness (QED) is 0.516. The number of rotatable bonds is 4. The van der Waals surface area contributed by atoms with E-state index >= 15 is 0 Å². The van der Waals surface area contributed by atoms with Crippen LogP contribution < -0.4 is 5.43 Å². The number of nitrogens with zero attached hydrogens (tertiary/aromatic N) is 2. The van der Waals surface area contributed by atoms with Crippen molar-refractivity contribution < 1.29 is 18.1 Å². The van der Waals surface area contributed by atoms with Crippen molar-refractivity contribution in [2.45, 2.75) is 13.1 Å². The maximum Gasteiger partial charge on any atom is 0.416 e. The maximum absolute atomic E-state index is 12.6. The number of aryl methyl sites for hydroxylation is 1. The Morgan fingerprint density at radius 3 is 2.57 bits per heavy atom. The van der Waals surface area contributed by atoms with Gasteiger partial charge >= 0.3 is 6.18 Å². The van der Waals surface area contributed by atoms with Gasteiger partial charge in [-0.3, -0.25) is 15.5 Å². The molecule has 2 aromatic rings. The predicted molar refractivity (Wildman–Crippen MR) is 80.5 cm³/mol. The van der Waals surface area contributed by atoms with Gasteiger partial charge in [0.15, 0.2) is 0 Å². The standard InChI is InChI=1S/C15H12F3N3O2/c1-10-3-2-4-11(7-10)9-19-20-13-6-5-12(15(16,17)18)8-14(13)21(22)23/h2-9,20H,1H3. The number of alkyl halides is 3. The third-order valence-electron chi connectivity index (χ3n) is 2.96. The Bertz CT molecular complexity index is 758. The lowest BCUT2D eigenvalue weighted by Crippen LogP contribution is -2.06. The van der Waals surface area contributed by atoms with Gasteiger partial charge in [-0.05, 0) is 24.6 Å². The van der Waals surface area contributed by atoms with Crippen LogP contribution in [0.3, 0.4) is 0 Å². The molecule has 0 saturated heterocycles. The number of anilines is 1. The number of hydrazone groups is 1. The molecular weight excluding hydrogens is 311 g/mol. The molecule has 2 rings (SSSR count). The highest BCUT2D eigenvalue weighted by atomic mass is 19.4. The van der Waals surface area contributed by atoms with E-state index in [1.165, 1.54) is 6.21 Å². The van der Waals surface area contributed by atoms with Crippen LogP contribution in [0.25, 0.3) is 0 Å². The molecule has 1 N–H and O–H groups in total. The summed E-state index contributed by atoms with van der Waals surface area (Å²) < 4.78 is 37.8. The van der Waals surface area contributed by atoms with E-state index in [1.807, 2.05) is 25.1 Å². The summed E-state index contributed by atoms with van der Waals surface area (Å²) in [6.07, 6.45) is -3.22. The Hall–Kier alpha value is -2.90. The highest BCUT2D eigenvalue weighted by molar-refractivity contribution is 5.80. The fourth-order valence-corrected chi connectivity index (χ4v) is 1.88. The Morgan fingerprint density at radius 1 is 1.22 bits per heavy atom. The van der Waals surface area contributed by atoms with Gasteiger partial charge in [-0.25, -0.2) is 0 Å². The van der Waals surface area contributed by atoms with Gasteiger partial charge in [-0.15, -0.1) is 0 Å². The number of halogens is 3. The van der Waals surface area contributed by atoms with Gasteiger partial charge < -0.3 is 0 Å². The number of hydrogen-bond acceptors (Lipinski definition) is 4. The average Bonchev–Trinajstić information content (AvgIpc) is 2.46. The highest BCUT2D eigenvalue weighted by Crippen LogP contribution is 2.34. The minimum atomic E-state index is -4.64. The van der Waals surface area contributed by atoms with Crippen molar-refractivity contribution in [3.8, 4) is 0 Å². The van der Waals surface area contributed by atoms with Gasteiger partial charge in [0.1, 0.15) is 5.69 Å². The van der Waals surface area contributed by atoms with E-state index in [0.29, 0.717) is 6.07 Å². The van der Waals surface area contributed by atoms with E-state index in [0.717, 1.165) is 23.3 Å². The molecule has 5 nitrogen and oxygen atoms in total. The SMILES string of the molecule is Cc1cccc(C=NNc2ccc(C(F)(F)F)cc2[N+](=O)[O-])c1. The summed E-state index contributed by atoms with van der Waals surface area (Å²) in [4.78, 5) is 10.0. The minimum absolute atomic E-state index is 0.119. The van der Waals surface area contributed by atoms with Crippen LogP contribution in [0, 0.1) is 17.0 Å². The fraction of sp³-hybridized carbons (Fsp3) is 0.133. The first kappa shape index (κ1) is 16.5. The lowest BCUT2D eigenvalue weighted by atomic mass is 10.1. The zero-order valence-corrected chi connectivity index (χ0v) is 12.0. The molecule has 0 radical (unpaired) electrons. The number of nitro groups is 1. The van der Waals surface area contributed by atoms with Crippen molar-refractivity contribution in [3.05, 3.63) is 69.3 Å². The van der Waals surface area contributed by atoms with E-state index in [-0.39, 0.29) is 5.69 Å². The topological polar surface area (TPSA) is 67.5 Å². The van der Waals surface area contributed by atoms with Gasteiger partial charge in [0, 0.05) is 6.07 Å². The first-order valence-electron chi connectivity index (χ1n) is 6.49. The smallest absolute Gasteiger partial charge is 0.272 e. The van der Waals surface area contributed by atoms with Crippen molar-refractivity contribution in [2.24, 2.45) is 5.10 Å². The third kappa shape index (κ3) is 4.29. The molecule has 8 heteroatoms. The zero-order valence-electron chi connectivity index (χ0n) is 12.0. The van der Waals surface area contributed by atoms with Gasteiger partial charge in [0.2, 0.25) is 0 Å². The van der Waals surface area contributed by atoms with Crippen molar-refractivity contribution in [1.29, 1.82) is 0 Å². The third-order valence-corrected chi connectivity index (χ3v) is 2.96. The molecule has 0 amide bonds. The summed E-state index contributed by atoms with van der Waals surface area (Å²) in [5, 5.41) is 14.8. The molecule has 0 aliphatic carbocycles. The molecule has 120 valence electrons. The molecule has 23 heavy (non-hydrogen) atoms. The van der Waals surface area contributed by atoms with Gasteiger partial charge in [0.25, 0.3) is 5.69 Å². The number of hydrogen-bond donors (Lipinski definition) is 1. The van der Waals surface area contributed by atoms with Crippen LogP contribution in [-0.2, 0) is 6.18 Å².